The molecule has 1 aliphatic rings. The minimum Gasteiger partial charge on any atom is -0.384 e. The van der Waals surface area contributed by atoms with Crippen molar-refractivity contribution in [2.24, 2.45) is 0 Å². The van der Waals surface area contributed by atoms with E-state index in [1.807, 2.05) is 11.0 Å². The first-order valence-corrected chi connectivity index (χ1v) is 11.3. The lowest BCUT2D eigenvalue weighted by molar-refractivity contribution is -0.134. The molecule has 1 aliphatic heterocycles. The number of carbonyl (C=O) groups is 1. The van der Waals surface area contributed by atoms with E-state index in [0.29, 0.717) is 38.2 Å². The average Bonchev–Trinajstić information content (AvgIpc) is 2.78. The molecule has 1 atom stereocenters. The Morgan fingerprint density at radius 3 is 2.59 bits per heavy atom. The fourth-order valence-electron chi connectivity index (χ4n) is 4.27. The fourth-order valence-corrected chi connectivity index (χ4v) is 4.27. The van der Waals surface area contributed by atoms with E-state index in [-0.39, 0.29) is 17.9 Å². The third-order valence-corrected chi connectivity index (χ3v) is 6.28. The normalized spacial score (nSPS) is 16.4. The van der Waals surface area contributed by atoms with E-state index in [2.05, 4.69) is 63.8 Å². The molecule has 2 heterocycles. The first-order valence-electron chi connectivity index (χ1n) is 11.3. The first kappa shape index (κ1) is 23.7. The molecule has 170 valence electrons. The van der Waals surface area contributed by atoms with Crippen molar-refractivity contribution in [1.82, 2.24) is 9.88 Å². The number of benzene rings is 1. The molecule has 0 N–H and O–H groups in total. The molecule has 6 heteroatoms. The summed E-state index contributed by atoms with van der Waals surface area (Å²) in [6.45, 7) is 12.9. The fraction of sp³-hybridized carbons (Fsp3) is 0.500. The molecule has 32 heavy (non-hydrogen) atoms. The second kappa shape index (κ2) is 10.1. The van der Waals surface area contributed by atoms with Crippen LogP contribution in [-0.4, -0.2) is 55.2 Å². The van der Waals surface area contributed by atoms with Crippen LogP contribution in [0.25, 0.3) is 11.1 Å². The van der Waals surface area contributed by atoms with Crippen molar-refractivity contribution in [3.63, 3.8) is 0 Å². The van der Waals surface area contributed by atoms with Crippen molar-refractivity contribution in [3.8, 4) is 17.2 Å². The van der Waals surface area contributed by atoms with E-state index >= 15 is 0 Å². The lowest BCUT2D eigenvalue weighted by atomic mass is 9.93. The van der Waals surface area contributed by atoms with Crippen molar-refractivity contribution in [3.05, 3.63) is 46.6 Å². The molecule has 0 aliphatic carbocycles. The van der Waals surface area contributed by atoms with Gasteiger partial charge in [-0.1, -0.05) is 32.0 Å². The van der Waals surface area contributed by atoms with Gasteiger partial charge in [0.2, 0.25) is 5.91 Å². The minimum atomic E-state index is 0.0448. The number of nitrogens with zero attached hydrogens (tertiary/aromatic N) is 4. The van der Waals surface area contributed by atoms with Gasteiger partial charge in [0.25, 0.3) is 0 Å². The number of nitriles is 1. The van der Waals surface area contributed by atoms with Crippen LogP contribution in [0.4, 0.5) is 5.82 Å². The number of aromatic nitrogens is 1. The lowest BCUT2D eigenvalue weighted by Gasteiger charge is -2.41. The number of amides is 1. The molecule has 1 fully saturated rings. The number of ether oxygens (including phenoxy) is 1. The highest BCUT2D eigenvalue weighted by molar-refractivity contribution is 5.77. The van der Waals surface area contributed by atoms with Crippen LogP contribution in [-0.2, 0) is 9.53 Å². The number of aryl methyl sites for hydroxylation is 2. The Kier molecular flexibility index (Phi) is 7.52. The molecule has 1 aromatic heterocycles. The van der Waals surface area contributed by atoms with E-state index in [1.165, 1.54) is 11.1 Å². The molecule has 0 radical (unpaired) electrons. The second-order valence-corrected chi connectivity index (χ2v) is 8.98. The van der Waals surface area contributed by atoms with Crippen LogP contribution in [0, 0.1) is 25.2 Å². The van der Waals surface area contributed by atoms with Gasteiger partial charge in [0.15, 0.2) is 0 Å². The van der Waals surface area contributed by atoms with Crippen molar-refractivity contribution >= 4 is 11.7 Å². The highest BCUT2D eigenvalue weighted by Gasteiger charge is 2.29. The van der Waals surface area contributed by atoms with Gasteiger partial charge in [0.1, 0.15) is 11.9 Å². The number of rotatable bonds is 6. The lowest BCUT2D eigenvalue weighted by Crippen LogP contribution is -2.54. The SMILES string of the molecule is COCCC(=O)N1CCN(c2nc(C(C)C)c(-c3ccc(C)c(C)c3)cc2C#N)C[C@H]1C. The van der Waals surface area contributed by atoms with Gasteiger partial charge in [-0.05, 0) is 49.4 Å². The van der Waals surface area contributed by atoms with Crippen LogP contribution in [0.5, 0.6) is 0 Å². The molecular weight excluding hydrogens is 400 g/mol. The number of hydrogen-bond acceptors (Lipinski definition) is 5. The molecule has 6 nitrogen and oxygen atoms in total. The Labute approximate surface area is 191 Å². The number of methoxy groups -OCH3 is 1. The molecule has 0 spiro atoms. The standard InChI is InChI=1S/C26H34N4O2/c1-17(2)25-23(21-8-7-18(3)19(4)13-21)14-22(15-27)26(28-25)29-10-11-30(20(5)16-29)24(31)9-12-32-6/h7-8,13-14,17,20H,9-12,16H2,1-6H3/t20-/m1/s1. The first-order chi connectivity index (χ1) is 15.3. The van der Waals surface area contributed by atoms with Crippen LogP contribution in [0.2, 0.25) is 0 Å². The zero-order valence-electron chi connectivity index (χ0n) is 20.1. The van der Waals surface area contributed by atoms with Crippen molar-refractivity contribution in [2.45, 2.75) is 53.0 Å². The van der Waals surface area contributed by atoms with Crippen LogP contribution < -0.4 is 4.90 Å². The Bertz CT molecular complexity index is 1030. The number of piperazine rings is 1. The van der Waals surface area contributed by atoms with E-state index in [1.54, 1.807) is 7.11 Å². The summed E-state index contributed by atoms with van der Waals surface area (Å²) in [7, 11) is 1.61. The Morgan fingerprint density at radius 2 is 2.00 bits per heavy atom. The Balaban J connectivity index is 1.94. The van der Waals surface area contributed by atoms with Crippen LogP contribution in [0.3, 0.4) is 0 Å². The number of pyridine rings is 1. The number of anilines is 1. The van der Waals surface area contributed by atoms with Crippen molar-refractivity contribution in [1.29, 1.82) is 5.26 Å². The smallest absolute Gasteiger partial charge is 0.225 e. The van der Waals surface area contributed by atoms with Gasteiger partial charge in [-0.15, -0.1) is 0 Å². The maximum atomic E-state index is 12.5. The molecular formula is C26H34N4O2. The quantitative estimate of drug-likeness (QED) is 0.672. The third-order valence-electron chi connectivity index (χ3n) is 6.28. The van der Waals surface area contributed by atoms with Gasteiger partial charge in [-0.25, -0.2) is 4.98 Å². The van der Waals surface area contributed by atoms with Gasteiger partial charge < -0.3 is 14.5 Å². The van der Waals surface area contributed by atoms with Crippen molar-refractivity contribution in [2.75, 3.05) is 38.3 Å². The summed E-state index contributed by atoms with van der Waals surface area (Å²) in [6.07, 6.45) is 0.394. The summed E-state index contributed by atoms with van der Waals surface area (Å²) in [5, 5.41) is 9.96. The zero-order chi connectivity index (χ0) is 23.4. The molecule has 0 bridgehead atoms. The maximum Gasteiger partial charge on any atom is 0.225 e. The monoisotopic (exact) mass is 434 g/mol. The maximum absolute atomic E-state index is 12.5. The summed E-state index contributed by atoms with van der Waals surface area (Å²) in [4.78, 5) is 21.6. The molecule has 1 amide bonds. The molecule has 2 aromatic rings. The highest BCUT2D eigenvalue weighted by Crippen LogP contribution is 2.34. The minimum absolute atomic E-state index is 0.0448. The van der Waals surface area contributed by atoms with Gasteiger partial charge in [-0.3, -0.25) is 4.79 Å². The van der Waals surface area contributed by atoms with E-state index in [0.717, 1.165) is 22.6 Å². The van der Waals surface area contributed by atoms with Gasteiger partial charge in [0, 0.05) is 38.3 Å². The molecule has 0 unspecified atom stereocenters. The van der Waals surface area contributed by atoms with Crippen LogP contribution in [0.15, 0.2) is 24.3 Å². The summed E-state index contributed by atoms with van der Waals surface area (Å²) in [5.41, 5.74) is 6.15. The topological polar surface area (TPSA) is 69.5 Å². The third kappa shape index (κ3) is 4.94. The van der Waals surface area contributed by atoms with Gasteiger partial charge >= 0.3 is 0 Å². The Hall–Kier alpha value is -2.91. The highest BCUT2D eigenvalue weighted by atomic mass is 16.5. The molecule has 1 saturated heterocycles. The second-order valence-electron chi connectivity index (χ2n) is 8.98. The van der Waals surface area contributed by atoms with Gasteiger partial charge in [-0.2, -0.15) is 5.26 Å². The molecule has 0 saturated carbocycles. The predicted molar refractivity (Wildman–Crippen MR) is 128 cm³/mol. The number of carbonyl (C=O) groups excluding carboxylic acids is 1. The average molecular weight is 435 g/mol. The predicted octanol–water partition coefficient (Wildman–Crippen LogP) is 4.43. The van der Waals surface area contributed by atoms with Gasteiger partial charge in [0.05, 0.1) is 24.3 Å². The summed E-state index contributed by atoms with van der Waals surface area (Å²) in [5.74, 6) is 1.05. The van der Waals surface area contributed by atoms with Crippen LogP contribution in [0.1, 0.15) is 55.5 Å². The molecule has 3 rings (SSSR count). The Morgan fingerprint density at radius 1 is 1.25 bits per heavy atom. The zero-order valence-corrected chi connectivity index (χ0v) is 20.1. The largest absolute Gasteiger partial charge is 0.384 e. The number of hydrogen-bond donors (Lipinski definition) is 0. The van der Waals surface area contributed by atoms with E-state index in [9.17, 15) is 10.1 Å². The summed E-state index contributed by atoms with van der Waals surface area (Å²) >= 11 is 0. The summed E-state index contributed by atoms with van der Waals surface area (Å²) < 4.78 is 5.05. The van der Waals surface area contributed by atoms with E-state index in [4.69, 9.17) is 9.72 Å². The summed E-state index contributed by atoms with van der Waals surface area (Å²) in [6, 6.07) is 10.8. The molecule has 1 aromatic carbocycles. The van der Waals surface area contributed by atoms with E-state index < -0.39 is 0 Å². The van der Waals surface area contributed by atoms with Crippen molar-refractivity contribution < 1.29 is 9.53 Å². The van der Waals surface area contributed by atoms with Crippen LogP contribution >= 0.6 is 0 Å².